The fourth-order valence-electron chi connectivity index (χ4n) is 9.36. The minimum Gasteiger partial charge on any atom is -0.277 e. The molecule has 0 N–H and O–H groups in total. The predicted octanol–water partition coefficient (Wildman–Crippen LogP) is 15.2. The molecule has 65 heavy (non-hydrogen) atoms. The second-order valence-corrected chi connectivity index (χ2v) is 16.9. The van der Waals surface area contributed by atoms with Crippen LogP contribution in [0, 0.1) is 5.92 Å². The summed E-state index contributed by atoms with van der Waals surface area (Å²) in [6.07, 6.45) is 7.76. The molecule has 0 spiro atoms. The minimum atomic E-state index is 0.521. The van der Waals surface area contributed by atoms with Gasteiger partial charge in [0.2, 0.25) is 5.78 Å². The molecule has 1 aliphatic rings. The van der Waals surface area contributed by atoms with Gasteiger partial charge in [-0.25, -0.2) is 15.0 Å². The molecule has 1 atom stereocenters. The number of imidazole rings is 2. The van der Waals surface area contributed by atoms with Crippen LogP contribution >= 0.6 is 0 Å². The number of hydrogen-bond donors (Lipinski definition) is 0. The van der Waals surface area contributed by atoms with Gasteiger partial charge in [-0.3, -0.25) is 8.97 Å². The summed E-state index contributed by atoms with van der Waals surface area (Å²) in [4.78, 5) is 15.6. The van der Waals surface area contributed by atoms with Gasteiger partial charge in [0, 0.05) is 22.3 Å². The van der Waals surface area contributed by atoms with Crippen LogP contribution in [0.5, 0.6) is 0 Å². The average molecular weight is 834 g/mol. The lowest BCUT2D eigenvalue weighted by molar-refractivity contribution is 0.738. The third-order valence-corrected chi connectivity index (χ3v) is 12.7. The summed E-state index contributed by atoms with van der Waals surface area (Å²) in [5, 5.41) is 0. The smallest absolute Gasteiger partial charge is 0.220 e. The Morgan fingerprint density at radius 3 is 1.63 bits per heavy atom. The first-order valence-electron chi connectivity index (χ1n) is 22.3. The van der Waals surface area contributed by atoms with Crippen LogP contribution < -0.4 is 0 Å². The van der Waals surface area contributed by atoms with Crippen molar-refractivity contribution in [1.29, 1.82) is 0 Å². The number of para-hydroxylation sites is 2. The van der Waals surface area contributed by atoms with E-state index in [9.17, 15) is 0 Å². The zero-order valence-electron chi connectivity index (χ0n) is 35.9. The van der Waals surface area contributed by atoms with Gasteiger partial charge in [0.1, 0.15) is 0 Å². The number of rotatable bonds is 8. The average Bonchev–Trinajstić information content (AvgIpc) is 3.91. The van der Waals surface area contributed by atoms with E-state index in [1.54, 1.807) is 0 Å². The Kier molecular flexibility index (Phi) is 9.45. The predicted molar refractivity (Wildman–Crippen MR) is 269 cm³/mol. The highest BCUT2D eigenvalue weighted by Gasteiger charge is 2.24. The quantitative estimate of drug-likeness (QED) is 0.153. The molecule has 0 fully saturated rings. The van der Waals surface area contributed by atoms with Gasteiger partial charge in [-0.15, -0.1) is 0 Å². The van der Waals surface area contributed by atoms with E-state index in [1.165, 1.54) is 5.56 Å². The summed E-state index contributed by atoms with van der Waals surface area (Å²) < 4.78 is 4.72. The molecular formula is C60H43N5. The van der Waals surface area contributed by atoms with Gasteiger partial charge in [0.05, 0.1) is 39.1 Å². The Balaban J connectivity index is 1.04. The van der Waals surface area contributed by atoms with Crippen molar-refractivity contribution >= 4 is 33.4 Å². The van der Waals surface area contributed by atoms with E-state index in [0.29, 0.717) is 5.92 Å². The molecule has 8 aromatic carbocycles. The molecule has 0 radical (unpaired) electrons. The maximum Gasteiger partial charge on any atom is 0.220 e. The Bertz CT molecular complexity index is 3540. The molecule has 12 rings (SSSR count). The van der Waals surface area contributed by atoms with Gasteiger partial charge in [0.25, 0.3) is 0 Å². The molecule has 3 aromatic heterocycles. The standard InChI is InChI=1S/C60H43N5/c1-40-26-28-45(29-27-40)53-39-54(62-59(61-53)47-22-12-5-13-23-47)46-32-30-42(31-33-46)48-34-35-56-57(38-48)64-55-25-15-14-24-52(55)63-60(64)65(56)58-50(43-18-8-3-9-19-43)36-49(41-16-6-2-7-17-41)37-51(58)44-20-10-4-11-21-44/h2-26,28-40H,27H2,1H3. The number of hydrogen-bond acceptors (Lipinski definition) is 3. The van der Waals surface area contributed by atoms with Gasteiger partial charge in [-0.05, 0) is 93.8 Å². The van der Waals surface area contributed by atoms with Crippen molar-refractivity contribution in [3.63, 3.8) is 0 Å². The Labute approximate surface area is 378 Å². The van der Waals surface area contributed by atoms with Crippen LogP contribution in [0.3, 0.4) is 0 Å². The summed E-state index contributed by atoms with van der Waals surface area (Å²) >= 11 is 0. The maximum absolute atomic E-state index is 5.41. The number of allylic oxidation sites excluding steroid dienone is 4. The van der Waals surface area contributed by atoms with Gasteiger partial charge in [0.15, 0.2) is 5.82 Å². The lowest BCUT2D eigenvalue weighted by atomic mass is 9.90. The third-order valence-electron chi connectivity index (χ3n) is 12.7. The summed E-state index contributed by atoms with van der Waals surface area (Å²) in [5.41, 5.74) is 19.4. The molecule has 0 amide bonds. The van der Waals surface area contributed by atoms with E-state index in [-0.39, 0.29) is 0 Å². The van der Waals surface area contributed by atoms with E-state index in [1.807, 2.05) is 18.2 Å². The molecule has 11 aromatic rings. The number of benzene rings is 8. The number of nitrogens with zero attached hydrogens (tertiary/aromatic N) is 5. The monoisotopic (exact) mass is 833 g/mol. The van der Waals surface area contributed by atoms with Crippen molar-refractivity contribution in [2.24, 2.45) is 5.92 Å². The zero-order valence-corrected chi connectivity index (χ0v) is 35.9. The molecule has 0 saturated heterocycles. The Morgan fingerprint density at radius 1 is 0.431 bits per heavy atom. The van der Waals surface area contributed by atoms with Crippen LogP contribution in [-0.2, 0) is 0 Å². The minimum absolute atomic E-state index is 0.521. The first-order valence-corrected chi connectivity index (χ1v) is 22.3. The van der Waals surface area contributed by atoms with Crippen molar-refractivity contribution in [2.45, 2.75) is 13.3 Å². The van der Waals surface area contributed by atoms with Crippen molar-refractivity contribution in [2.75, 3.05) is 0 Å². The number of fused-ring (bicyclic) bond motifs is 5. The van der Waals surface area contributed by atoms with Crippen LogP contribution in [0.15, 0.2) is 224 Å². The summed E-state index contributed by atoms with van der Waals surface area (Å²) in [5.74, 6) is 2.11. The SMILES string of the molecule is CC1C=CC(c2cc(-c3ccc(-c4ccc5c(c4)n4c6ccccc6nc4n5-c4c(-c5ccccc5)cc(-c5ccccc5)cc4-c4ccccc4)cc3)nc(-c3ccccc3)n2)=CC1. The van der Waals surface area contributed by atoms with Crippen molar-refractivity contribution in [3.05, 3.63) is 230 Å². The topological polar surface area (TPSA) is 48.0 Å². The van der Waals surface area contributed by atoms with Crippen molar-refractivity contribution in [3.8, 4) is 72.8 Å². The van der Waals surface area contributed by atoms with Crippen molar-refractivity contribution < 1.29 is 0 Å². The van der Waals surface area contributed by atoms with E-state index >= 15 is 0 Å². The largest absolute Gasteiger partial charge is 0.277 e. The molecule has 0 saturated carbocycles. The number of aromatic nitrogens is 5. The first-order chi connectivity index (χ1) is 32.1. The first kappa shape index (κ1) is 38.3. The van der Waals surface area contributed by atoms with Crippen LogP contribution in [0.25, 0.3) is 106 Å². The molecule has 1 unspecified atom stereocenters. The Hall–Kier alpha value is -8.41. The molecule has 1 aliphatic carbocycles. The maximum atomic E-state index is 5.41. The lowest BCUT2D eigenvalue weighted by Gasteiger charge is -2.20. The van der Waals surface area contributed by atoms with Gasteiger partial charge in [-0.2, -0.15) is 0 Å². The van der Waals surface area contributed by atoms with E-state index in [0.717, 1.165) is 113 Å². The van der Waals surface area contributed by atoms with Crippen molar-refractivity contribution in [1.82, 2.24) is 23.9 Å². The molecule has 308 valence electrons. The third kappa shape index (κ3) is 6.95. The molecule has 0 aliphatic heterocycles. The normalized spacial score (nSPS) is 13.7. The van der Waals surface area contributed by atoms with E-state index in [2.05, 4.69) is 222 Å². The summed E-state index contributed by atoms with van der Waals surface area (Å²) in [6, 6.07) is 73.4. The summed E-state index contributed by atoms with van der Waals surface area (Å²) in [7, 11) is 0. The van der Waals surface area contributed by atoms with Crippen LogP contribution in [0.4, 0.5) is 0 Å². The lowest BCUT2D eigenvalue weighted by Crippen LogP contribution is -2.02. The fraction of sp³-hybridized carbons (Fsp3) is 0.0500. The second kappa shape index (κ2) is 16.1. The van der Waals surface area contributed by atoms with Crippen LogP contribution in [-0.4, -0.2) is 23.9 Å². The molecule has 5 nitrogen and oxygen atoms in total. The van der Waals surface area contributed by atoms with E-state index < -0.39 is 0 Å². The van der Waals surface area contributed by atoms with Crippen LogP contribution in [0.2, 0.25) is 0 Å². The molecule has 3 heterocycles. The molecular weight excluding hydrogens is 791 g/mol. The van der Waals surface area contributed by atoms with Gasteiger partial charge in [-0.1, -0.05) is 189 Å². The molecule has 5 heteroatoms. The highest BCUT2D eigenvalue weighted by Crippen LogP contribution is 2.43. The molecule has 0 bridgehead atoms. The second-order valence-electron chi connectivity index (χ2n) is 16.9. The van der Waals surface area contributed by atoms with Gasteiger partial charge < -0.3 is 0 Å². The zero-order chi connectivity index (χ0) is 43.3. The van der Waals surface area contributed by atoms with Crippen LogP contribution in [0.1, 0.15) is 19.0 Å². The van der Waals surface area contributed by atoms with Gasteiger partial charge >= 0.3 is 0 Å². The fourth-order valence-corrected chi connectivity index (χ4v) is 9.36. The van der Waals surface area contributed by atoms with E-state index in [4.69, 9.17) is 15.0 Å². The highest BCUT2D eigenvalue weighted by atomic mass is 15.2. The summed E-state index contributed by atoms with van der Waals surface area (Å²) in [6.45, 7) is 2.24. The highest BCUT2D eigenvalue weighted by molar-refractivity contribution is 5.99. The Morgan fingerprint density at radius 2 is 0.985 bits per heavy atom.